The van der Waals surface area contributed by atoms with Crippen molar-refractivity contribution >= 4 is 61.5 Å². The molecule has 301 valence electrons. The molecule has 0 atom stereocenters. The second-order valence-electron chi connectivity index (χ2n) is 17.1. The molecule has 1 radical (unpaired) electrons. The number of aliphatic hydroxyl groups is 1. The number of carbonyl (C=O) groups excluding carboxylic acids is 1. The molecule has 0 amide bonds. The van der Waals surface area contributed by atoms with Crippen molar-refractivity contribution in [2.45, 2.75) is 133 Å². The Morgan fingerprint density at radius 3 is 1.87 bits per heavy atom. The Hall–Kier alpha value is -2.70. The molecule has 4 nitrogen and oxygen atoms in total. The van der Waals surface area contributed by atoms with E-state index >= 15 is 0 Å². The van der Waals surface area contributed by atoms with Gasteiger partial charge in [0.2, 0.25) is 0 Å². The minimum absolute atomic E-state index is 0. The normalized spacial score (nSPS) is 12.5. The Balaban J connectivity index is 0.000000433. The largest absolute Gasteiger partial charge is 0.512 e. The molecule has 0 aliphatic carbocycles. The van der Waals surface area contributed by atoms with E-state index in [9.17, 15) is 9.90 Å². The van der Waals surface area contributed by atoms with Gasteiger partial charge in [-0.25, -0.2) is 4.98 Å². The molecule has 0 bridgehead atoms. The van der Waals surface area contributed by atoms with Crippen LogP contribution in [0.3, 0.4) is 0 Å². The van der Waals surface area contributed by atoms with Gasteiger partial charge in [0.05, 0.1) is 19.3 Å². The number of aliphatic hydroxyl groups excluding tert-OH is 1. The zero-order valence-electron chi connectivity index (χ0n) is 35.7. The third kappa shape index (κ3) is 11.2. The third-order valence-electron chi connectivity index (χ3n) is 11.0. The average Bonchev–Trinajstić information content (AvgIpc) is 3.50. The number of hydrogen-bond acceptors (Lipinski definition) is 5. The van der Waals surface area contributed by atoms with Gasteiger partial charge in [0.1, 0.15) is 6.33 Å². The standard InChI is InChI=1S/C35H43N2SSi.C13H24O2.Ir/c1-22(2)18-39(19-23(3)4,20-24(5)6)31-15-11-14-29-33-35(38-34(29)31)32(36-21-37-33)27-16-26-12-9-10-13-28(26)30(17-27)25(7)8;1-5-10(6-2)12(14)9-13(15)11(7-3)8-4;/h9-15,17,21-25H,18-20H2,1-8H3;9-11,14H,5-8H2,1-4H3;/q-1;;/b;12-9-;. The SMILES string of the molecule is CC(C)C[Si](CC(C)C)(CC(C)C)c1cccc2c1sc1c(-c3[c-]c4ccccc4c(C(C)C)c3)ncnc12.CCC(CC)C(=O)/C=C(\O)C(CC)CC.[Ir]. The fraction of sp³-hybridized carbons (Fsp3) is 0.521. The first-order chi connectivity index (χ1) is 25.7. The van der Waals surface area contributed by atoms with Gasteiger partial charge in [-0.05, 0) is 54.5 Å². The summed E-state index contributed by atoms with van der Waals surface area (Å²) >= 11 is 1.93. The Labute approximate surface area is 351 Å². The van der Waals surface area contributed by atoms with Crippen LogP contribution in [-0.2, 0) is 24.9 Å². The maximum absolute atomic E-state index is 11.7. The summed E-state index contributed by atoms with van der Waals surface area (Å²) in [6.07, 6.45) is 6.67. The van der Waals surface area contributed by atoms with Gasteiger partial charge in [0, 0.05) is 58.5 Å². The summed E-state index contributed by atoms with van der Waals surface area (Å²) in [4.78, 5) is 21.5. The number of nitrogens with zero attached hydrogens (tertiary/aromatic N) is 2. The summed E-state index contributed by atoms with van der Waals surface area (Å²) in [6.45, 7) is 27.1. The third-order valence-corrected chi connectivity index (χ3v) is 18.8. The Morgan fingerprint density at radius 2 is 1.33 bits per heavy atom. The maximum atomic E-state index is 11.7. The van der Waals surface area contributed by atoms with E-state index in [-0.39, 0.29) is 43.5 Å². The molecule has 0 fully saturated rings. The molecule has 3 aromatic carbocycles. The summed E-state index contributed by atoms with van der Waals surface area (Å²) < 4.78 is 2.65. The Bertz CT molecular complexity index is 2000. The second kappa shape index (κ2) is 21.2. The molecule has 7 heteroatoms. The van der Waals surface area contributed by atoms with Crippen LogP contribution in [0, 0.1) is 35.7 Å². The van der Waals surface area contributed by atoms with E-state index in [1.165, 1.54) is 49.9 Å². The van der Waals surface area contributed by atoms with Gasteiger partial charge >= 0.3 is 0 Å². The molecule has 5 aromatic rings. The number of allylic oxidation sites excluding steroid dienone is 2. The molecule has 0 aliphatic rings. The molecule has 55 heavy (non-hydrogen) atoms. The molecule has 0 aliphatic heterocycles. The van der Waals surface area contributed by atoms with Crippen molar-refractivity contribution in [1.82, 2.24) is 9.97 Å². The molecule has 0 saturated heterocycles. The molecule has 1 N–H and O–H groups in total. The molecule has 0 saturated carbocycles. The van der Waals surface area contributed by atoms with E-state index < -0.39 is 8.07 Å². The fourth-order valence-corrected chi connectivity index (χ4v) is 17.7. The Kier molecular flexibility index (Phi) is 18.0. The van der Waals surface area contributed by atoms with Crippen molar-refractivity contribution in [3.63, 3.8) is 0 Å². The minimum atomic E-state index is -1.79. The number of rotatable bonds is 16. The van der Waals surface area contributed by atoms with Crippen LogP contribution in [-0.4, -0.2) is 28.9 Å². The number of aromatic nitrogens is 2. The maximum Gasteiger partial charge on any atom is 0.162 e. The van der Waals surface area contributed by atoms with Gasteiger partial charge in [-0.1, -0.05) is 149 Å². The molecular formula is C48H67IrN2O2SSi-. The molecule has 2 heterocycles. The number of thiophene rings is 1. The second-order valence-corrected chi connectivity index (χ2v) is 22.4. The summed E-state index contributed by atoms with van der Waals surface area (Å²) in [5.41, 5.74) is 4.54. The van der Waals surface area contributed by atoms with Crippen LogP contribution in [0.15, 0.2) is 66.7 Å². The van der Waals surface area contributed by atoms with Crippen molar-refractivity contribution in [3.8, 4) is 11.3 Å². The quantitative estimate of drug-likeness (QED) is 0.0463. The number of carbonyl (C=O) groups is 1. The topological polar surface area (TPSA) is 63.1 Å². The zero-order chi connectivity index (χ0) is 39.7. The van der Waals surface area contributed by atoms with Crippen LogP contribution in [0.5, 0.6) is 0 Å². The number of fused-ring (bicyclic) bond motifs is 4. The molecule has 0 spiro atoms. The van der Waals surface area contributed by atoms with Crippen LogP contribution in [0.4, 0.5) is 0 Å². The predicted molar refractivity (Wildman–Crippen MR) is 239 cm³/mol. The van der Waals surface area contributed by atoms with E-state index in [2.05, 4.69) is 110 Å². The van der Waals surface area contributed by atoms with E-state index in [1.807, 2.05) is 39.0 Å². The summed E-state index contributed by atoms with van der Waals surface area (Å²) in [5.74, 6) is 3.04. The predicted octanol–water partition coefficient (Wildman–Crippen LogP) is 14.1. The average molecular weight is 956 g/mol. The van der Waals surface area contributed by atoms with Crippen molar-refractivity contribution in [1.29, 1.82) is 0 Å². The van der Waals surface area contributed by atoms with Crippen LogP contribution in [0.2, 0.25) is 18.1 Å². The number of hydrogen-bond donors (Lipinski definition) is 1. The van der Waals surface area contributed by atoms with Gasteiger partial charge in [-0.3, -0.25) is 9.78 Å². The number of ketones is 1. The summed E-state index contributed by atoms with van der Waals surface area (Å²) in [7, 11) is -1.79. The molecule has 5 rings (SSSR count). The molecule has 0 unspecified atom stereocenters. The monoisotopic (exact) mass is 956 g/mol. The Morgan fingerprint density at radius 1 is 0.764 bits per heavy atom. The van der Waals surface area contributed by atoms with Crippen LogP contribution < -0.4 is 5.19 Å². The van der Waals surface area contributed by atoms with E-state index in [0.29, 0.717) is 23.7 Å². The summed E-state index contributed by atoms with van der Waals surface area (Å²) in [5, 5.41) is 15.1. The van der Waals surface area contributed by atoms with Gasteiger partial charge in [0.15, 0.2) is 5.78 Å². The van der Waals surface area contributed by atoms with Crippen molar-refractivity contribution < 1.29 is 30.0 Å². The first kappa shape index (κ1) is 46.7. The van der Waals surface area contributed by atoms with E-state index in [0.717, 1.165) is 47.8 Å². The van der Waals surface area contributed by atoms with Crippen LogP contribution in [0.1, 0.15) is 120 Å². The molecule has 2 aromatic heterocycles. The van der Waals surface area contributed by atoms with Crippen molar-refractivity contribution in [3.05, 3.63) is 78.3 Å². The minimum Gasteiger partial charge on any atom is -0.512 e. The van der Waals surface area contributed by atoms with Gasteiger partial charge in [0.25, 0.3) is 0 Å². The number of benzene rings is 3. The summed E-state index contributed by atoms with van der Waals surface area (Å²) in [6, 6.07) is 25.7. The van der Waals surface area contributed by atoms with E-state index in [4.69, 9.17) is 9.97 Å². The zero-order valence-corrected chi connectivity index (χ0v) is 39.9. The fourth-order valence-electron chi connectivity index (χ4n) is 8.77. The first-order valence-corrected chi connectivity index (χ1v) is 24.2. The van der Waals surface area contributed by atoms with Crippen molar-refractivity contribution in [2.75, 3.05) is 0 Å². The van der Waals surface area contributed by atoms with Gasteiger partial charge < -0.3 is 5.11 Å². The van der Waals surface area contributed by atoms with Gasteiger partial charge in [-0.2, -0.15) is 0 Å². The smallest absolute Gasteiger partial charge is 0.162 e. The van der Waals surface area contributed by atoms with Crippen LogP contribution >= 0.6 is 11.3 Å². The first-order valence-electron chi connectivity index (χ1n) is 20.8. The van der Waals surface area contributed by atoms with Crippen LogP contribution in [0.25, 0.3) is 42.3 Å². The van der Waals surface area contributed by atoms with E-state index in [1.54, 1.807) is 11.5 Å². The molecular weight excluding hydrogens is 889 g/mol. The van der Waals surface area contributed by atoms with Crippen molar-refractivity contribution in [2.24, 2.45) is 29.6 Å². The van der Waals surface area contributed by atoms with Gasteiger partial charge in [-0.15, -0.1) is 40.5 Å².